The number of H-pyrrole nitrogens is 1. The summed E-state index contributed by atoms with van der Waals surface area (Å²) in [5.74, 6) is 0.716. The molecular formula is C16H18N6OS. The van der Waals surface area contributed by atoms with E-state index >= 15 is 0 Å². The largest absolute Gasteiger partial charge is 0.360 e. The Morgan fingerprint density at radius 2 is 2.33 bits per heavy atom. The third-order valence-corrected chi connectivity index (χ3v) is 4.94. The number of thiazole rings is 1. The van der Waals surface area contributed by atoms with E-state index in [0.29, 0.717) is 22.8 Å². The van der Waals surface area contributed by atoms with Gasteiger partial charge in [0.1, 0.15) is 0 Å². The monoisotopic (exact) mass is 342 g/mol. The molecule has 1 aliphatic rings. The number of amides is 2. The Hall–Kier alpha value is -2.61. The maximum absolute atomic E-state index is 12.1. The zero-order valence-corrected chi connectivity index (χ0v) is 14.0. The number of nitrogens with one attached hydrogen (secondary N) is 3. The van der Waals surface area contributed by atoms with Gasteiger partial charge in [0, 0.05) is 17.8 Å². The molecule has 24 heavy (non-hydrogen) atoms. The van der Waals surface area contributed by atoms with Crippen LogP contribution < -0.4 is 10.6 Å². The van der Waals surface area contributed by atoms with Crippen molar-refractivity contribution in [2.24, 2.45) is 5.92 Å². The lowest BCUT2D eigenvalue weighted by atomic mass is 10.2. The van der Waals surface area contributed by atoms with Crippen LogP contribution in [0.15, 0.2) is 36.1 Å². The number of carbonyl (C=O) groups is 1. The second kappa shape index (κ2) is 6.12. The molecule has 8 heteroatoms. The molecule has 1 aliphatic carbocycles. The molecule has 1 fully saturated rings. The van der Waals surface area contributed by atoms with E-state index < -0.39 is 0 Å². The number of rotatable bonds is 5. The van der Waals surface area contributed by atoms with Crippen LogP contribution in [0.4, 0.5) is 15.6 Å². The highest BCUT2D eigenvalue weighted by molar-refractivity contribution is 7.14. The zero-order valence-electron chi connectivity index (χ0n) is 13.2. The van der Waals surface area contributed by atoms with E-state index in [-0.39, 0.29) is 6.03 Å². The fraction of sp³-hybridized carbons (Fsp3) is 0.312. The quantitative estimate of drug-likeness (QED) is 0.656. The zero-order chi connectivity index (χ0) is 16.5. The Morgan fingerprint density at radius 1 is 1.46 bits per heavy atom. The number of aromatic nitrogens is 4. The van der Waals surface area contributed by atoms with Gasteiger partial charge in [0.05, 0.1) is 29.3 Å². The summed E-state index contributed by atoms with van der Waals surface area (Å²) in [6.45, 7) is 2.16. The standard InChI is InChI=1S/C16H18N6OS/c1-10(11-4-5-11)22-8-12(7-18-22)19-15(23)21-16-20-14(9-24-16)13-3-2-6-17-13/h2-3,6-11,17H,4-5H2,1H3,(H2,19,20,21,23). The minimum atomic E-state index is -0.319. The highest BCUT2D eigenvalue weighted by Gasteiger charge is 2.29. The molecule has 124 valence electrons. The van der Waals surface area contributed by atoms with E-state index in [1.165, 1.54) is 24.2 Å². The Morgan fingerprint density at radius 3 is 3.08 bits per heavy atom. The van der Waals surface area contributed by atoms with E-state index in [0.717, 1.165) is 11.4 Å². The third kappa shape index (κ3) is 3.18. The predicted octanol–water partition coefficient (Wildman–Crippen LogP) is 3.95. The minimum absolute atomic E-state index is 0.319. The molecule has 0 bridgehead atoms. The van der Waals surface area contributed by atoms with Gasteiger partial charge in [-0.05, 0) is 37.8 Å². The van der Waals surface area contributed by atoms with Crippen LogP contribution in [0.1, 0.15) is 25.8 Å². The first-order valence-electron chi connectivity index (χ1n) is 7.90. The average Bonchev–Trinajstić information content (AvgIpc) is 2.97. The minimum Gasteiger partial charge on any atom is -0.360 e. The predicted molar refractivity (Wildman–Crippen MR) is 94.2 cm³/mol. The van der Waals surface area contributed by atoms with Crippen LogP contribution >= 0.6 is 11.3 Å². The van der Waals surface area contributed by atoms with Gasteiger partial charge in [0.25, 0.3) is 0 Å². The van der Waals surface area contributed by atoms with E-state index in [1.54, 1.807) is 6.20 Å². The summed E-state index contributed by atoms with van der Waals surface area (Å²) < 4.78 is 1.92. The maximum atomic E-state index is 12.1. The summed E-state index contributed by atoms with van der Waals surface area (Å²) in [7, 11) is 0. The molecule has 2 amide bonds. The molecule has 3 aromatic rings. The Balaban J connectivity index is 1.36. The van der Waals surface area contributed by atoms with Gasteiger partial charge in [-0.25, -0.2) is 9.78 Å². The van der Waals surface area contributed by atoms with Crippen LogP contribution in [-0.4, -0.2) is 25.8 Å². The van der Waals surface area contributed by atoms with E-state index in [1.807, 2.05) is 34.6 Å². The molecule has 1 atom stereocenters. The van der Waals surface area contributed by atoms with Gasteiger partial charge in [-0.1, -0.05) is 0 Å². The van der Waals surface area contributed by atoms with E-state index in [9.17, 15) is 4.79 Å². The van der Waals surface area contributed by atoms with Gasteiger partial charge in [-0.3, -0.25) is 10.00 Å². The van der Waals surface area contributed by atoms with Gasteiger partial charge >= 0.3 is 6.03 Å². The summed E-state index contributed by atoms with van der Waals surface area (Å²) >= 11 is 1.39. The first-order chi connectivity index (χ1) is 11.7. The Kier molecular flexibility index (Phi) is 3.81. The molecule has 3 N–H and O–H groups in total. The van der Waals surface area contributed by atoms with E-state index in [4.69, 9.17) is 0 Å². The van der Waals surface area contributed by atoms with Crippen LogP contribution in [-0.2, 0) is 0 Å². The first-order valence-corrected chi connectivity index (χ1v) is 8.78. The lowest BCUT2D eigenvalue weighted by molar-refractivity contribution is 0.262. The molecule has 0 aromatic carbocycles. The summed E-state index contributed by atoms with van der Waals surface area (Å²) in [6.07, 6.45) is 7.91. The third-order valence-electron chi connectivity index (χ3n) is 4.18. The molecule has 4 rings (SSSR count). The average molecular weight is 342 g/mol. The number of carbonyl (C=O) groups excluding carboxylic acids is 1. The molecule has 1 unspecified atom stereocenters. The fourth-order valence-corrected chi connectivity index (χ4v) is 3.33. The highest BCUT2D eigenvalue weighted by Crippen LogP contribution is 2.39. The van der Waals surface area contributed by atoms with Crippen molar-refractivity contribution in [1.29, 1.82) is 0 Å². The SMILES string of the molecule is CC(C1CC1)n1cc(NC(=O)Nc2nc(-c3ccc[nH]3)cs2)cn1. The smallest absolute Gasteiger partial charge is 0.325 e. The highest BCUT2D eigenvalue weighted by atomic mass is 32.1. The molecule has 0 aliphatic heterocycles. The summed E-state index contributed by atoms with van der Waals surface area (Å²) in [5.41, 5.74) is 2.42. The van der Waals surface area contributed by atoms with Crippen LogP contribution in [0.5, 0.6) is 0 Å². The van der Waals surface area contributed by atoms with Crippen molar-refractivity contribution in [3.8, 4) is 11.4 Å². The van der Waals surface area contributed by atoms with Crippen molar-refractivity contribution in [2.75, 3.05) is 10.6 Å². The van der Waals surface area contributed by atoms with Crippen LogP contribution in [0.3, 0.4) is 0 Å². The van der Waals surface area contributed by atoms with E-state index in [2.05, 4.69) is 32.6 Å². The summed E-state index contributed by atoms with van der Waals surface area (Å²) in [4.78, 5) is 19.6. The van der Waals surface area contributed by atoms with Crippen molar-refractivity contribution in [1.82, 2.24) is 19.7 Å². The second-order valence-corrected chi connectivity index (χ2v) is 6.85. The van der Waals surface area contributed by atoms with Crippen molar-refractivity contribution in [3.05, 3.63) is 36.1 Å². The van der Waals surface area contributed by atoms with Gasteiger partial charge in [0.15, 0.2) is 5.13 Å². The van der Waals surface area contributed by atoms with Crippen LogP contribution in [0, 0.1) is 5.92 Å². The lowest BCUT2D eigenvalue weighted by Gasteiger charge is -2.09. The van der Waals surface area contributed by atoms with Crippen molar-refractivity contribution < 1.29 is 4.79 Å². The van der Waals surface area contributed by atoms with Crippen molar-refractivity contribution in [3.63, 3.8) is 0 Å². The maximum Gasteiger partial charge on any atom is 0.325 e. The lowest BCUT2D eigenvalue weighted by Crippen LogP contribution is -2.19. The number of nitrogens with zero attached hydrogens (tertiary/aromatic N) is 3. The summed E-state index contributed by atoms with van der Waals surface area (Å²) in [6, 6.07) is 3.91. The molecule has 7 nitrogen and oxygen atoms in total. The number of hydrogen-bond acceptors (Lipinski definition) is 4. The second-order valence-electron chi connectivity index (χ2n) is 5.99. The van der Waals surface area contributed by atoms with Crippen molar-refractivity contribution in [2.45, 2.75) is 25.8 Å². The fourth-order valence-electron chi connectivity index (χ4n) is 2.62. The Labute approximate surface area is 143 Å². The number of urea groups is 1. The number of hydrogen-bond donors (Lipinski definition) is 3. The molecule has 3 heterocycles. The topological polar surface area (TPSA) is 87.6 Å². The van der Waals surface area contributed by atoms with Gasteiger partial charge in [-0.2, -0.15) is 5.10 Å². The normalized spacial score (nSPS) is 15.2. The van der Waals surface area contributed by atoms with Gasteiger partial charge < -0.3 is 10.3 Å². The molecule has 0 spiro atoms. The number of anilines is 2. The molecule has 0 saturated heterocycles. The van der Waals surface area contributed by atoms with Crippen molar-refractivity contribution >= 4 is 28.2 Å². The van der Waals surface area contributed by atoms with Crippen LogP contribution in [0.2, 0.25) is 0 Å². The molecule has 1 saturated carbocycles. The molecule has 3 aromatic heterocycles. The van der Waals surface area contributed by atoms with Gasteiger partial charge in [0.2, 0.25) is 0 Å². The first kappa shape index (κ1) is 14.9. The van der Waals surface area contributed by atoms with Crippen LogP contribution in [0.25, 0.3) is 11.4 Å². The molecule has 0 radical (unpaired) electrons. The molecular weight excluding hydrogens is 324 g/mol. The van der Waals surface area contributed by atoms with Gasteiger partial charge in [-0.15, -0.1) is 11.3 Å². The summed E-state index contributed by atoms with van der Waals surface area (Å²) in [5, 5.41) is 12.3. The number of aromatic amines is 1. The Bertz CT molecular complexity index is 833.